The van der Waals surface area contributed by atoms with E-state index in [2.05, 4.69) is 4.90 Å². The molecule has 2 fully saturated rings. The Labute approximate surface area is 60.9 Å². The van der Waals surface area contributed by atoms with E-state index in [0.717, 1.165) is 13.3 Å². The molecule has 0 aromatic heterocycles. The average molecular weight is 143 g/mol. The molecular weight excluding hydrogens is 130 g/mol. The van der Waals surface area contributed by atoms with Crippen LogP contribution < -0.4 is 0 Å². The molecule has 2 rings (SSSR count). The summed E-state index contributed by atoms with van der Waals surface area (Å²) in [6, 6.07) is 0. The molecule has 0 aromatic rings. The maximum Gasteiger partial charge on any atom is 0.158 e. The molecule has 3 nitrogen and oxygen atoms in total. The van der Waals surface area contributed by atoms with E-state index in [4.69, 9.17) is 9.47 Å². The van der Waals surface area contributed by atoms with Gasteiger partial charge >= 0.3 is 0 Å². The lowest BCUT2D eigenvalue weighted by Gasteiger charge is -2.33. The number of fused-ring (bicyclic) bond motifs is 1. The topological polar surface area (TPSA) is 21.7 Å². The van der Waals surface area contributed by atoms with E-state index in [9.17, 15) is 0 Å². The van der Waals surface area contributed by atoms with Gasteiger partial charge in [-0.3, -0.25) is 4.90 Å². The van der Waals surface area contributed by atoms with Gasteiger partial charge in [0.05, 0.1) is 0 Å². The predicted octanol–water partition coefficient (Wildman–Crippen LogP) is 0.759. The van der Waals surface area contributed by atoms with Crippen LogP contribution in [0, 0.1) is 0 Å². The van der Waals surface area contributed by atoms with Crippen molar-refractivity contribution in [3.63, 3.8) is 0 Å². The minimum atomic E-state index is -0.000602. The smallest absolute Gasteiger partial charge is 0.158 e. The number of rotatable bonds is 0. The summed E-state index contributed by atoms with van der Waals surface area (Å²) in [5.41, 5.74) is 0. The zero-order chi connectivity index (χ0) is 6.97. The molecule has 3 heteroatoms. The average Bonchev–Trinajstić information content (AvgIpc) is 2.33. The molecule has 0 bridgehead atoms. The van der Waals surface area contributed by atoms with Gasteiger partial charge in [0.1, 0.15) is 13.0 Å². The van der Waals surface area contributed by atoms with Crippen LogP contribution in [0.3, 0.4) is 0 Å². The maximum absolute atomic E-state index is 5.51. The van der Waals surface area contributed by atoms with Crippen LogP contribution >= 0.6 is 0 Å². The van der Waals surface area contributed by atoms with Gasteiger partial charge in [-0.15, -0.1) is 0 Å². The number of hydrogen-bond donors (Lipinski definition) is 0. The molecule has 0 saturated carbocycles. The highest BCUT2D eigenvalue weighted by atomic mass is 16.7. The summed E-state index contributed by atoms with van der Waals surface area (Å²) < 4.78 is 10.8. The van der Waals surface area contributed by atoms with Crippen LogP contribution in [0.5, 0.6) is 0 Å². The quantitative estimate of drug-likeness (QED) is 0.499. The first-order valence-corrected chi connectivity index (χ1v) is 3.87. The van der Waals surface area contributed by atoms with Crippen molar-refractivity contribution >= 4 is 0 Å². The van der Waals surface area contributed by atoms with Gasteiger partial charge in [-0.05, 0) is 19.8 Å². The van der Waals surface area contributed by atoms with Crippen molar-refractivity contribution in [3.8, 4) is 0 Å². The maximum atomic E-state index is 5.51. The number of ether oxygens (including phenoxy) is 2. The van der Waals surface area contributed by atoms with Crippen LogP contribution in [0.25, 0.3) is 0 Å². The number of hydrogen-bond acceptors (Lipinski definition) is 3. The van der Waals surface area contributed by atoms with Crippen LogP contribution in [-0.2, 0) is 9.47 Å². The summed E-state index contributed by atoms with van der Waals surface area (Å²) in [5.74, 6) is 0. The van der Waals surface area contributed by atoms with Crippen molar-refractivity contribution < 1.29 is 9.47 Å². The number of nitrogens with zero attached hydrogens (tertiary/aromatic N) is 1. The highest BCUT2D eigenvalue weighted by Gasteiger charge is 2.30. The van der Waals surface area contributed by atoms with Gasteiger partial charge < -0.3 is 9.47 Å². The van der Waals surface area contributed by atoms with Gasteiger partial charge in [0.2, 0.25) is 0 Å². The lowest BCUT2D eigenvalue weighted by molar-refractivity contribution is -0.266. The monoisotopic (exact) mass is 143 g/mol. The first kappa shape index (κ1) is 6.58. The van der Waals surface area contributed by atoms with Gasteiger partial charge in [-0.2, -0.15) is 0 Å². The van der Waals surface area contributed by atoms with Crippen LogP contribution in [0.1, 0.15) is 19.8 Å². The highest BCUT2D eigenvalue weighted by Crippen LogP contribution is 2.23. The lowest BCUT2D eigenvalue weighted by atomic mass is 10.4. The van der Waals surface area contributed by atoms with Gasteiger partial charge in [0, 0.05) is 6.54 Å². The van der Waals surface area contributed by atoms with Gasteiger partial charge in [0.25, 0.3) is 0 Å². The molecule has 2 unspecified atom stereocenters. The molecule has 0 aliphatic carbocycles. The van der Waals surface area contributed by atoms with Crippen LogP contribution in [0.2, 0.25) is 0 Å². The van der Waals surface area contributed by atoms with Gasteiger partial charge in [-0.1, -0.05) is 0 Å². The Morgan fingerprint density at radius 3 is 3.30 bits per heavy atom. The lowest BCUT2D eigenvalue weighted by Crippen LogP contribution is -2.42. The predicted molar refractivity (Wildman–Crippen MR) is 36.2 cm³/mol. The third-order valence-corrected chi connectivity index (χ3v) is 2.13. The fourth-order valence-electron chi connectivity index (χ4n) is 1.56. The minimum absolute atomic E-state index is 0.000602. The second-order valence-corrected chi connectivity index (χ2v) is 2.91. The third kappa shape index (κ3) is 1.05. The molecule has 0 radical (unpaired) electrons. The van der Waals surface area contributed by atoms with Crippen molar-refractivity contribution in [2.24, 2.45) is 0 Å². The second-order valence-electron chi connectivity index (χ2n) is 2.91. The van der Waals surface area contributed by atoms with E-state index < -0.39 is 0 Å². The van der Waals surface area contributed by atoms with Crippen molar-refractivity contribution in [1.82, 2.24) is 4.90 Å². The Balaban J connectivity index is 1.96. The summed E-state index contributed by atoms with van der Waals surface area (Å²) in [6.07, 6.45) is 2.78. The molecule has 2 atom stereocenters. The Hall–Kier alpha value is -0.120. The zero-order valence-corrected chi connectivity index (χ0v) is 6.25. The van der Waals surface area contributed by atoms with Crippen LogP contribution in [0.4, 0.5) is 0 Å². The van der Waals surface area contributed by atoms with E-state index in [-0.39, 0.29) is 6.29 Å². The van der Waals surface area contributed by atoms with Crippen molar-refractivity contribution in [2.75, 3.05) is 13.3 Å². The standard InChI is InChI=1S/C7H13NO2/c1-6-9-5-8-4-2-3-7(8)10-6/h6-7H,2-5H2,1H3. The fraction of sp³-hybridized carbons (Fsp3) is 1.00. The first-order chi connectivity index (χ1) is 4.86. The van der Waals surface area contributed by atoms with E-state index in [1.807, 2.05) is 6.92 Å². The molecule has 0 N–H and O–H groups in total. The van der Waals surface area contributed by atoms with Gasteiger partial charge in [-0.25, -0.2) is 0 Å². The SMILES string of the molecule is CC1OCN2CCCC2O1. The molecule has 0 spiro atoms. The molecule has 58 valence electrons. The summed E-state index contributed by atoms with van der Waals surface area (Å²) in [6.45, 7) is 3.85. The van der Waals surface area contributed by atoms with Crippen molar-refractivity contribution in [1.29, 1.82) is 0 Å². The van der Waals surface area contributed by atoms with E-state index in [1.54, 1.807) is 0 Å². The summed E-state index contributed by atoms with van der Waals surface area (Å²) in [5, 5.41) is 0. The minimum Gasteiger partial charge on any atom is -0.337 e. The molecule has 2 heterocycles. The van der Waals surface area contributed by atoms with Crippen LogP contribution in [-0.4, -0.2) is 30.7 Å². The Kier molecular flexibility index (Phi) is 1.64. The molecule has 2 aliphatic heterocycles. The molecule has 0 aromatic carbocycles. The van der Waals surface area contributed by atoms with E-state index in [1.165, 1.54) is 12.8 Å². The molecule has 2 aliphatic rings. The molecule has 10 heavy (non-hydrogen) atoms. The van der Waals surface area contributed by atoms with Gasteiger partial charge in [0.15, 0.2) is 6.29 Å². The fourth-order valence-corrected chi connectivity index (χ4v) is 1.56. The zero-order valence-electron chi connectivity index (χ0n) is 6.25. The molecular formula is C7H13NO2. The second kappa shape index (κ2) is 2.49. The normalized spacial score (nSPS) is 41.7. The summed E-state index contributed by atoms with van der Waals surface area (Å²) in [7, 11) is 0. The Morgan fingerprint density at radius 1 is 1.50 bits per heavy atom. The Bertz CT molecular complexity index is 129. The summed E-state index contributed by atoms with van der Waals surface area (Å²) in [4.78, 5) is 2.24. The van der Waals surface area contributed by atoms with Crippen molar-refractivity contribution in [2.45, 2.75) is 32.3 Å². The third-order valence-electron chi connectivity index (χ3n) is 2.13. The van der Waals surface area contributed by atoms with E-state index in [0.29, 0.717) is 6.23 Å². The highest BCUT2D eigenvalue weighted by molar-refractivity contribution is 4.71. The summed E-state index contributed by atoms with van der Waals surface area (Å²) >= 11 is 0. The first-order valence-electron chi connectivity index (χ1n) is 3.87. The van der Waals surface area contributed by atoms with E-state index >= 15 is 0 Å². The van der Waals surface area contributed by atoms with Crippen molar-refractivity contribution in [3.05, 3.63) is 0 Å². The molecule has 0 amide bonds. The molecule has 2 saturated heterocycles. The largest absolute Gasteiger partial charge is 0.337 e. The Morgan fingerprint density at radius 2 is 2.40 bits per heavy atom. The van der Waals surface area contributed by atoms with Crippen LogP contribution in [0.15, 0.2) is 0 Å².